The van der Waals surface area contributed by atoms with Gasteiger partial charge in [0.15, 0.2) is 0 Å². The Morgan fingerprint density at radius 3 is 2.83 bits per heavy atom. The van der Waals surface area contributed by atoms with Gasteiger partial charge < -0.3 is 15.6 Å². The molecule has 3 rings (SSSR count). The van der Waals surface area contributed by atoms with Crippen LogP contribution >= 0.6 is 0 Å². The van der Waals surface area contributed by atoms with Gasteiger partial charge in [-0.15, -0.1) is 0 Å². The predicted molar refractivity (Wildman–Crippen MR) is 93.7 cm³/mol. The number of aliphatic hydroxyl groups excluding tert-OH is 1. The molecule has 3 heteroatoms. The van der Waals surface area contributed by atoms with Crippen LogP contribution in [0.1, 0.15) is 56.6 Å². The lowest BCUT2D eigenvalue weighted by Crippen LogP contribution is -2.46. The zero-order valence-electron chi connectivity index (χ0n) is 14.7. The lowest BCUT2D eigenvalue weighted by molar-refractivity contribution is -0.0198. The first kappa shape index (κ1) is 16.8. The highest BCUT2D eigenvalue weighted by Crippen LogP contribution is 2.56. The van der Waals surface area contributed by atoms with Crippen molar-refractivity contribution in [2.75, 3.05) is 13.7 Å². The lowest BCUT2D eigenvalue weighted by Gasteiger charge is -2.52. The molecule has 5 atom stereocenters. The van der Waals surface area contributed by atoms with Crippen molar-refractivity contribution in [1.29, 1.82) is 0 Å². The second kappa shape index (κ2) is 6.45. The number of aliphatic hydroxyl groups is 1. The molecule has 1 aromatic carbocycles. The Bertz CT molecular complexity index is 557. The third-order valence-electron chi connectivity index (χ3n) is 6.44. The van der Waals surface area contributed by atoms with Crippen LogP contribution in [0, 0.1) is 17.3 Å². The number of fused-ring (bicyclic) bond motifs is 3. The molecule has 0 heterocycles. The molecule has 3 nitrogen and oxygen atoms in total. The average molecular weight is 317 g/mol. The number of benzene rings is 1. The number of hydrogen-bond donors (Lipinski definition) is 2. The molecular formula is C20H31NO2. The molecule has 0 aliphatic heterocycles. The highest BCUT2D eigenvalue weighted by molar-refractivity contribution is 5.40. The summed E-state index contributed by atoms with van der Waals surface area (Å²) in [5, 5.41) is 10.0. The molecule has 4 unspecified atom stereocenters. The van der Waals surface area contributed by atoms with Gasteiger partial charge >= 0.3 is 0 Å². The number of aryl methyl sites for hydroxylation is 1. The molecule has 3 N–H and O–H groups in total. The SMILES string of the molecule is COc1ccc2c(c1)CCC1C2CC[C@](C)(CO)C1CC(C)N. The van der Waals surface area contributed by atoms with Crippen molar-refractivity contribution in [2.45, 2.75) is 57.9 Å². The fourth-order valence-corrected chi connectivity index (χ4v) is 5.14. The van der Waals surface area contributed by atoms with Crippen molar-refractivity contribution >= 4 is 0 Å². The summed E-state index contributed by atoms with van der Waals surface area (Å²) in [6, 6.07) is 6.78. The van der Waals surface area contributed by atoms with Crippen molar-refractivity contribution in [2.24, 2.45) is 23.0 Å². The maximum absolute atomic E-state index is 10.0. The Kier molecular flexibility index (Phi) is 4.70. The first-order chi connectivity index (χ1) is 11.0. The van der Waals surface area contributed by atoms with Crippen LogP contribution in [-0.4, -0.2) is 24.9 Å². The topological polar surface area (TPSA) is 55.5 Å². The van der Waals surface area contributed by atoms with Crippen molar-refractivity contribution in [3.8, 4) is 5.75 Å². The summed E-state index contributed by atoms with van der Waals surface area (Å²) in [6.07, 6.45) is 5.61. The summed E-state index contributed by atoms with van der Waals surface area (Å²) in [6.45, 7) is 4.64. The minimum atomic E-state index is 0.0266. The Morgan fingerprint density at radius 2 is 2.17 bits per heavy atom. The maximum atomic E-state index is 10.0. The minimum absolute atomic E-state index is 0.0266. The standard InChI is InChI=1S/C20H31NO2/c1-13(21)10-19-18-6-4-14-11-15(23-3)5-7-16(14)17(18)8-9-20(19,2)12-22/h5,7,11,13,17-19,22H,4,6,8-10,12,21H2,1-3H3/t13?,17?,18?,19?,20-/m1/s1. The predicted octanol–water partition coefficient (Wildman–Crippen LogP) is 3.49. The quantitative estimate of drug-likeness (QED) is 0.894. The van der Waals surface area contributed by atoms with Gasteiger partial charge in [0.2, 0.25) is 0 Å². The molecule has 1 aromatic rings. The van der Waals surface area contributed by atoms with Crippen LogP contribution in [0.5, 0.6) is 5.75 Å². The second-order valence-corrected chi connectivity index (χ2v) is 8.04. The van der Waals surface area contributed by atoms with E-state index in [2.05, 4.69) is 32.0 Å². The molecule has 0 saturated heterocycles. The van der Waals surface area contributed by atoms with Gasteiger partial charge in [-0.3, -0.25) is 0 Å². The minimum Gasteiger partial charge on any atom is -0.497 e. The fourth-order valence-electron chi connectivity index (χ4n) is 5.14. The van der Waals surface area contributed by atoms with E-state index in [0.717, 1.165) is 25.0 Å². The number of nitrogens with two attached hydrogens (primary N) is 1. The molecule has 23 heavy (non-hydrogen) atoms. The van der Waals surface area contributed by atoms with Crippen molar-refractivity contribution < 1.29 is 9.84 Å². The van der Waals surface area contributed by atoms with E-state index in [9.17, 15) is 5.11 Å². The molecule has 0 aromatic heterocycles. The van der Waals surface area contributed by atoms with Crippen LogP contribution in [0.3, 0.4) is 0 Å². The zero-order chi connectivity index (χ0) is 16.6. The van der Waals surface area contributed by atoms with Gasteiger partial charge in [-0.2, -0.15) is 0 Å². The maximum Gasteiger partial charge on any atom is 0.119 e. The van der Waals surface area contributed by atoms with Crippen LogP contribution in [0.4, 0.5) is 0 Å². The molecule has 0 bridgehead atoms. The van der Waals surface area contributed by atoms with E-state index in [0.29, 0.717) is 17.8 Å². The van der Waals surface area contributed by atoms with E-state index in [1.807, 2.05) is 0 Å². The van der Waals surface area contributed by atoms with E-state index in [4.69, 9.17) is 10.5 Å². The Labute approximate surface area is 140 Å². The van der Waals surface area contributed by atoms with Gasteiger partial charge in [0.25, 0.3) is 0 Å². The molecular weight excluding hydrogens is 286 g/mol. The van der Waals surface area contributed by atoms with E-state index in [1.54, 1.807) is 7.11 Å². The zero-order valence-corrected chi connectivity index (χ0v) is 14.7. The lowest BCUT2D eigenvalue weighted by atomic mass is 9.53. The first-order valence-electron chi connectivity index (χ1n) is 9.01. The smallest absolute Gasteiger partial charge is 0.119 e. The Balaban J connectivity index is 1.93. The first-order valence-corrected chi connectivity index (χ1v) is 9.01. The van der Waals surface area contributed by atoms with Gasteiger partial charge in [0.05, 0.1) is 7.11 Å². The molecule has 0 spiro atoms. The Morgan fingerprint density at radius 1 is 1.39 bits per heavy atom. The van der Waals surface area contributed by atoms with Crippen LogP contribution in [0.15, 0.2) is 18.2 Å². The van der Waals surface area contributed by atoms with Gasteiger partial charge in [-0.05, 0) is 85.5 Å². The van der Waals surface area contributed by atoms with E-state index < -0.39 is 0 Å². The number of ether oxygens (including phenoxy) is 1. The number of methoxy groups -OCH3 is 1. The molecule has 0 radical (unpaired) electrons. The van der Waals surface area contributed by atoms with Gasteiger partial charge in [-0.1, -0.05) is 13.0 Å². The fraction of sp³-hybridized carbons (Fsp3) is 0.700. The van der Waals surface area contributed by atoms with Crippen molar-refractivity contribution in [3.63, 3.8) is 0 Å². The van der Waals surface area contributed by atoms with Crippen molar-refractivity contribution in [3.05, 3.63) is 29.3 Å². The normalized spacial score (nSPS) is 34.4. The molecule has 2 aliphatic carbocycles. The highest BCUT2D eigenvalue weighted by atomic mass is 16.5. The van der Waals surface area contributed by atoms with Gasteiger partial charge in [0, 0.05) is 12.6 Å². The second-order valence-electron chi connectivity index (χ2n) is 8.04. The van der Waals surface area contributed by atoms with E-state index in [1.165, 1.54) is 24.0 Å². The van der Waals surface area contributed by atoms with Crippen LogP contribution in [-0.2, 0) is 6.42 Å². The summed E-state index contributed by atoms with van der Waals surface area (Å²) in [7, 11) is 1.74. The summed E-state index contributed by atoms with van der Waals surface area (Å²) < 4.78 is 5.39. The summed E-state index contributed by atoms with van der Waals surface area (Å²) in [4.78, 5) is 0. The summed E-state index contributed by atoms with van der Waals surface area (Å²) in [5.41, 5.74) is 9.15. The van der Waals surface area contributed by atoms with Gasteiger partial charge in [-0.25, -0.2) is 0 Å². The summed E-state index contributed by atoms with van der Waals surface area (Å²) >= 11 is 0. The van der Waals surface area contributed by atoms with Crippen molar-refractivity contribution in [1.82, 2.24) is 0 Å². The number of rotatable bonds is 4. The molecule has 1 fully saturated rings. The highest BCUT2D eigenvalue weighted by Gasteiger charge is 2.47. The van der Waals surface area contributed by atoms with Gasteiger partial charge in [0.1, 0.15) is 5.75 Å². The van der Waals surface area contributed by atoms with Crippen LogP contribution in [0.2, 0.25) is 0 Å². The third-order valence-corrected chi connectivity index (χ3v) is 6.44. The third kappa shape index (κ3) is 3.01. The molecule has 0 amide bonds. The summed E-state index contributed by atoms with van der Waals surface area (Å²) in [5.74, 6) is 2.74. The number of hydrogen-bond acceptors (Lipinski definition) is 3. The molecule has 128 valence electrons. The van der Waals surface area contributed by atoms with Crippen LogP contribution < -0.4 is 10.5 Å². The monoisotopic (exact) mass is 317 g/mol. The molecule has 2 aliphatic rings. The van der Waals surface area contributed by atoms with E-state index in [-0.39, 0.29) is 18.1 Å². The largest absolute Gasteiger partial charge is 0.497 e. The van der Waals surface area contributed by atoms with Crippen LogP contribution in [0.25, 0.3) is 0 Å². The molecule has 1 saturated carbocycles. The average Bonchev–Trinajstić information content (AvgIpc) is 2.56. The Hall–Kier alpha value is -1.06. The van der Waals surface area contributed by atoms with E-state index >= 15 is 0 Å².